The SMILES string of the molecule is O=C(O)c1ccc2c(NCCC3=CCCC3)ncnc2c1. The average molecular weight is 283 g/mol. The number of hydrogen-bond acceptors (Lipinski definition) is 4. The standard InChI is InChI=1S/C16H17N3O2/c20-16(21)12-5-6-13-14(9-12)18-10-19-15(13)17-8-7-11-3-1-2-4-11/h3,5-6,9-10H,1-2,4,7-8H2,(H,20,21)(H,17,18,19). The Bertz CT molecular complexity index is 710. The van der Waals surface area contributed by atoms with E-state index in [2.05, 4.69) is 21.4 Å². The van der Waals surface area contributed by atoms with E-state index in [0.29, 0.717) is 5.52 Å². The van der Waals surface area contributed by atoms with Crippen LogP contribution in [0.5, 0.6) is 0 Å². The molecule has 2 aromatic rings. The summed E-state index contributed by atoms with van der Waals surface area (Å²) in [7, 11) is 0. The lowest BCUT2D eigenvalue weighted by Gasteiger charge is -2.09. The van der Waals surface area contributed by atoms with Crippen LogP contribution < -0.4 is 5.32 Å². The summed E-state index contributed by atoms with van der Waals surface area (Å²) in [6.07, 6.45) is 8.48. The Balaban J connectivity index is 1.77. The highest BCUT2D eigenvalue weighted by atomic mass is 16.4. The van der Waals surface area contributed by atoms with E-state index in [-0.39, 0.29) is 5.56 Å². The Morgan fingerprint density at radius 1 is 1.33 bits per heavy atom. The van der Waals surface area contributed by atoms with Gasteiger partial charge < -0.3 is 10.4 Å². The average Bonchev–Trinajstić information content (AvgIpc) is 3.00. The molecular weight excluding hydrogens is 266 g/mol. The second-order valence-electron chi connectivity index (χ2n) is 5.19. The third-order valence-electron chi connectivity index (χ3n) is 3.76. The fourth-order valence-corrected chi connectivity index (χ4v) is 2.64. The summed E-state index contributed by atoms with van der Waals surface area (Å²) in [5.74, 6) is -0.186. The van der Waals surface area contributed by atoms with Crippen molar-refractivity contribution < 1.29 is 9.90 Å². The van der Waals surface area contributed by atoms with E-state index in [1.54, 1.807) is 18.2 Å². The van der Waals surface area contributed by atoms with Gasteiger partial charge in [-0.3, -0.25) is 0 Å². The Labute approximate surface area is 122 Å². The zero-order valence-electron chi connectivity index (χ0n) is 11.7. The third-order valence-corrected chi connectivity index (χ3v) is 3.76. The first-order chi connectivity index (χ1) is 10.2. The normalized spacial score (nSPS) is 14.2. The second-order valence-corrected chi connectivity index (χ2v) is 5.19. The molecule has 1 aromatic heterocycles. The summed E-state index contributed by atoms with van der Waals surface area (Å²) in [6.45, 7) is 0.832. The highest BCUT2D eigenvalue weighted by Gasteiger charge is 2.09. The highest BCUT2D eigenvalue weighted by Crippen LogP contribution is 2.23. The van der Waals surface area contributed by atoms with Crippen LogP contribution in [0, 0.1) is 0 Å². The number of rotatable bonds is 5. The first kappa shape index (κ1) is 13.5. The number of anilines is 1. The Hall–Kier alpha value is -2.43. The van der Waals surface area contributed by atoms with Gasteiger partial charge in [0.2, 0.25) is 0 Å². The van der Waals surface area contributed by atoms with E-state index >= 15 is 0 Å². The molecule has 5 heteroatoms. The number of nitrogens with zero attached hydrogens (tertiary/aromatic N) is 2. The van der Waals surface area contributed by atoms with Crippen molar-refractivity contribution in [2.24, 2.45) is 0 Å². The molecule has 21 heavy (non-hydrogen) atoms. The van der Waals surface area contributed by atoms with Crippen LogP contribution in [-0.4, -0.2) is 27.6 Å². The molecule has 1 heterocycles. The maximum atomic E-state index is 11.0. The van der Waals surface area contributed by atoms with Crippen LogP contribution >= 0.6 is 0 Å². The van der Waals surface area contributed by atoms with Crippen LogP contribution in [0.2, 0.25) is 0 Å². The number of hydrogen-bond donors (Lipinski definition) is 2. The number of nitrogens with one attached hydrogen (secondary N) is 1. The summed E-state index contributed by atoms with van der Waals surface area (Å²) in [5.41, 5.74) is 2.39. The van der Waals surface area contributed by atoms with Gasteiger partial charge in [-0.05, 0) is 43.9 Å². The number of carboxylic acids is 1. The number of benzene rings is 1. The van der Waals surface area contributed by atoms with Crippen LogP contribution in [0.25, 0.3) is 10.9 Å². The van der Waals surface area contributed by atoms with Crippen molar-refractivity contribution in [2.75, 3.05) is 11.9 Å². The van der Waals surface area contributed by atoms with Gasteiger partial charge in [0.05, 0.1) is 11.1 Å². The fraction of sp³-hybridized carbons (Fsp3) is 0.312. The van der Waals surface area contributed by atoms with E-state index in [4.69, 9.17) is 5.11 Å². The summed E-state index contributed by atoms with van der Waals surface area (Å²) in [4.78, 5) is 19.4. The van der Waals surface area contributed by atoms with Gasteiger partial charge in [-0.15, -0.1) is 0 Å². The molecule has 1 aromatic carbocycles. The lowest BCUT2D eigenvalue weighted by Crippen LogP contribution is -2.05. The minimum absolute atomic E-state index is 0.239. The van der Waals surface area contributed by atoms with Crippen LogP contribution in [0.15, 0.2) is 36.2 Å². The first-order valence-electron chi connectivity index (χ1n) is 7.14. The summed E-state index contributed by atoms with van der Waals surface area (Å²) >= 11 is 0. The molecule has 0 aliphatic heterocycles. The van der Waals surface area contributed by atoms with Crippen molar-refractivity contribution in [2.45, 2.75) is 25.7 Å². The molecule has 108 valence electrons. The van der Waals surface area contributed by atoms with E-state index < -0.39 is 5.97 Å². The topological polar surface area (TPSA) is 75.1 Å². The predicted octanol–water partition coefficient (Wildman–Crippen LogP) is 3.24. The molecule has 0 saturated carbocycles. The van der Waals surface area contributed by atoms with Gasteiger partial charge in [0.25, 0.3) is 0 Å². The minimum atomic E-state index is -0.946. The summed E-state index contributed by atoms with van der Waals surface area (Å²) in [5, 5.41) is 13.2. The van der Waals surface area contributed by atoms with Crippen molar-refractivity contribution in [1.29, 1.82) is 0 Å². The van der Waals surface area contributed by atoms with Crippen molar-refractivity contribution in [1.82, 2.24) is 9.97 Å². The monoisotopic (exact) mass is 283 g/mol. The molecule has 0 unspecified atom stereocenters. The zero-order valence-corrected chi connectivity index (χ0v) is 11.7. The number of fused-ring (bicyclic) bond motifs is 1. The zero-order chi connectivity index (χ0) is 14.7. The molecule has 0 radical (unpaired) electrons. The van der Waals surface area contributed by atoms with Crippen molar-refractivity contribution in [3.8, 4) is 0 Å². The van der Waals surface area contributed by atoms with Crippen molar-refractivity contribution in [3.05, 3.63) is 41.7 Å². The number of allylic oxidation sites excluding steroid dienone is 1. The molecule has 0 saturated heterocycles. The summed E-state index contributed by atoms with van der Waals surface area (Å²) in [6, 6.07) is 4.92. The molecule has 1 aliphatic rings. The Morgan fingerprint density at radius 3 is 3.00 bits per heavy atom. The van der Waals surface area contributed by atoms with Gasteiger partial charge in [0.15, 0.2) is 0 Å². The van der Waals surface area contributed by atoms with Crippen LogP contribution in [0.4, 0.5) is 5.82 Å². The highest BCUT2D eigenvalue weighted by molar-refractivity contribution is 5.96. The molecular formula is C16H17N3O2. The van der Waals surface area contributed by atoms with Crippen LogP contribution in [0.3, 0.4) is 0 Å². The molecule has 2 N–H and O–H groups in total. The predicted molar refractivity (Wildman–Crippen MR) is 81.5 cm³/mol. The fourth-order valence-electron chi connectivity index (χ4n) is 2.64. The van der Waals surface area contributed by atoms with Gasteiger partial charge in [0, 0.05) is 11.9 Å². The molecule has 1 aliphatic carbocycles. The molecule has 0 spiro atoms. The van der Waals surface area contributed by atoms with Crippen molar-refractivity contribution in [3.63, 3.8) is 0 Å². The maximum absolute atomic E-state index is 11.0. The van der Waals surface area contributed by atoms with Crippen LogP contribution in [0.1, 0.15) is 36.0 Å². The Kier molecular flexibility index (Phi) is 3.81. The molecule has 0 atom stereocenters. The van der Waals surface area contributed by atoms with Gasteiger partial charge in [-0.25, -0.2) is 14.8 Å². The Morgan fingerprint density at radius 2 is 2.24 bits per heavy atom. The van der Waals surface area contributed by atoms with Crippen molar-refractivity contribution >= 4 is 22.7 Å². The minimum Gasteiger partial charge on any atom is -0.478 e. The molecule has 0 bridgehead atoms. The van der Waals surface area contributed by atoms with Crippen LogP contribution in [-0.2, 0) is 0 Å². The first-order valence-corrected chi connectivity index (χ1v) is 7.14. The van der Waals surface area contributed by atoms with Gasteiger partial charge in [-0.2, -0.15) is 0 Å². The molecule has 0 amide bonds. The number of aromatic nitrogens is 2. The lowest BCUT2D eigenvalue weighted by atomic mass is 10.1. The number of carbonyl (C=O) groups is 1. The largest absolute Gasteiger partial charge is 0.478 e. The van der Waals surface area contributed by atoms with Gasteiger partial charge in [0.1, 0.15) is 12.1 Å². The molecule has 3 rings (SSSR count). The van der Waals surface area contributed by atoms with E-state index in [0.717, 1.165) is 24.2 Å². The maximum Gasteiger partial charge on any atom is 0.335 e. The molecule has 5 nitrogen and oxygen atoms in total. The van der Waals surface area contributed by atoms with E-state index in [1.165, 1.54) is 31.2 Å². The number of aromatic carboxylic acids is 1. The smallest absolute Gasteiger partial charge is 0.335 e. The summed E-state index contributed by atoms with van der Waals surface area (Å²) < 4.78 is 0. The third kappa shape index (κ3) is 3.02. The van der Waals surface area contributed by atoms with Gasteiger partial charge >= 0.3 is 5.97 Å². The van der Waals surface area contributed by atoms with E-state index in [9.17, 15) is 4.79 Å². The second kappa shape index (κ2) is 5.91. The quantitative estimate of drug-likeness (QED) is 0.824. The molecule has 0 fully saturated rings. The van der Waals surface area contributed by atoms with Gasteiger partial charge in [-0.1, -0.05) is 11.6 Å². The van der Waals surface area contributed by atoms with E-state index in [1.807, 2.05) is 0 Å². The number of carboxylic acid groups (broad SMARTS) is 1. The lowest BCUT2D eigenvalue weighted by molar-refractivity contribution is 0.0697.